The van der Waals surface area contributed by atoms with Gasteiger partial charge in [0.15, 0.2) is 0 Å². The Bertz CT molecular complexity index is 1410. The molecule has 274 valence electrons. The number of aromatic nitrogens is 2. The molecule has 4 unspecified atom stereocenters. The van der Waals surface area contributed by atoms with E-state index >= 15 is 0 Å². The van der Waals surface area contributed by atoms with Gasteiger partial charge in [0.2, 0.25) is 11.8 Å². The fourth-order valence-electron chi connectivity index (χ4n) is 8.61. The number of carbonyl (C=O) groups excluding carboxylic acids is 2. The van der Waals surface area contributed by atoms with Gasteiger partial charge in [-0.05, 0) is 84.4 Å². The monoisotopic (exact) mass is 686 g/mol. The van der Waals surface area contributed by atoms with E-state index in [1.165, 1.54) is 30.5 Å². The van der Waals surface area contributed by atoms with Crippen LogP contribution in [0.2, 0.25) is 0 Å². The summed E-state index contributed by atoms with van der Waals surface area (Å²) in [6, 6.07) is 11.8. The fraction of sp³-hybridized carbons (Fsp3) is 0.683. The van der Waals surface area contributed by atoms with Crippen LogP contribution in [0.25, 0.3) is 0 Å². The van der Waals surface area contributed by atoms with Crippen molar-refractivity contribution in [3.05, 3.63) is 53.1 Å². The van der Waals surface area contributed by atoms with E-state index in [-0.39, 0.29) is 17.9 Å². The maximum absolute atomic E-state index is 13.3. The summed E-state index contributed by atoms with van der Waals surface area (Å²) in [5, 5.41) is 3.27. The number of terminal acetylenes is 1. The van der Waals surface area contributed by atoms with Gasteiger partial charge < -0.3 is 24.6 Å². The van der Waals surface area contributed by atoms with E-state index < -0.39 is 0 Å². The van der Waals surface area contributed by atoms with Crippen molar-refractivity contribution in [1.29, 1.82) is 0 Å². The average molecular weight is 686 g/mol. The molecule has 0 aliphatic carbocycles. The van der Waals surface area contributed by atoms with Crippen molar-refractivity contribution in [1.82, 2.24) is 34.5 Å². The van der Waals surface area contributed by atoms with Crippen LogP contribution in [0, 0.1) is 19.3 Å². The number of amides is 2. The van der Waals surface area contributed by atoms with Crippen LogP contribution in [0.1, 0.15) is 120 Å². The third kappa shape index (κ3) is 10.2. The van der Waals surface area contributed by atoms with Crippen molar-refractivity contribution in [3.8, 4) is 12.3 Å². The molecule has 0 saturated carbocycles. The topological polar surface area (TPSA) is 77.0 Å². The number of unbranched alkanes of at least 4 members (excludes halogenated alkanes) is 2. The summed E-state index contributed by atoms with van der Waals surface area (Å²) in [5.41, 5.74) is 3.58. The molecule has 4 atom stereocenters. The van der Waals surface area contributed by atoms with E-state index in [2.05, 4.69) is 75.5 Å². The van der Waals surface area contributed by atoms with Gasteiger partial charge >= 0.3 is 0 Å². The van der Waals surface area contributed by atoms with Crippen LogP contribution in [-0.2, 0) is 22.6 Å². The molecule has 2 aromatic rings. The minimum atomic E-state index is 0.0267. The van der Waals surface area contributed by atoms with Gasteiger partial charge in [0.1, 0.15) is 5.82 Å². The van der Waals surface area contributed by atoms with Crippen LogP contribution < -0.4 is 5.32 Å². The van der Waals surface area contributed by atoms with Crippen LogP contribution in [0.5, 0.6) is 0 Å². The number of nitrogens with one attached hydrogen (secondary N) is 1. The third-order valence-electron chi connectivity index (χ3n) is 11.5. The average Bonchev–Trinajstić information content (AvgIpc) is 3.65. The summed E-state index contributed by atoms with van der Waals surface area (Å²) < 4.78 is 2.47. The smallest absolute Gasteiger partial charge is 0.222 e. The summed E-state index contributed by atoms with van der Waals surface area (Å²) in [7, 11) is 0. The molecule has 2 amide bonds. The molecule has 9 nitrogen and oxygen atoms in total. The minimum Gasteiger partial charge on any atom is -0.349 e. The predicted molar refractivity (Wildman–Crippen MR) is 202 cm³/mol. The molecule has 0 radical (unpaired) electrons. The normalized spacial score (nSPS) is 21.5. The number of likely N-dealkylation sites (tertiary alicyclic amines) is 1. The Hall–Kier alpha value is -3.19. The third-order valence-corrected chi connectivity index (χ3v) is 11.5. The molecule has 50 heavy (non-hydrogen) atoms. The molecule has 0 spiro atoms. The summed E-state index contributed by atoms with van der Waals surface area (Å²) in [6.45, 7) is 17.7. The Kier molecular flexibility index (Phi) is 14.4. The maximum atomic E-state index is 13.3. The lowest BCUT2D eigenvalue weighted by atomic mass is 10.0. The first-order chi connectivity index (χ1) is 24.3. The number of piperazine rings is 1. The number of hydrogen-bond donors (Lipinski definition) is 1. The highest BCUT2D eigenvalue weighted by molar-refractivity contribution is 5.76. The molecule has 9 heteroatoms. The summed E-state index contributed by atoms with van der Waals surface area (Å²) >= 11 is 0. The standard InChI is InChI=1S/C41H63N7O2/c1-6-8-9-13-22-44-26-28-45(29-27-44)23-14-17-41(50)46-24-21-39-38(31-46)42-34(5)48(39)33(4)30-36-19-18-32(3)47(36)25-20-37(43-40(49)7-2)35-15-11-10-12-16-35/h1,10-12,15-16,32-33,36-37H,7-9,13-14,17-31H2,2-5H3,(H,43,49). The summed E-state index contributed by atoms with van der Waals surface area (Å²) in [4.78, 5) is 40.5. The Morgan fingerprint density at radius 1 is 1.00 bits per heavy atom. The van der Waals surface area contributed by atoms with Crippen molar-refractivity contribution in [2.45, 2.75) is 129 Å². The number of fused-ring (bicyclic) bond motifs is 1. The molecular weight excluding hydrogens is 622 g/mol. The van der Waals surface area contributed by atoms with E-state index in [4.69, 9.17) is 11.4 Å². The van der Waals surface area contributed by atoms with Gasteiger partial charge in [0.25, 0.3) is 0 Å². The van der Waals surface area contributed by atoms with Crippen molar-refractivity contribution >= 4 is 11.8 Å². The van der Waals surface area contributed by atoms with Crippen molar-refractivity contribution < 1.29 is 9.59 Å². The molecule has 2 fully saturated rings. The second kappa shape index (κ2) is 18.9. The molecule has 1 N–H and O–H groups in total. The molecule has 4 heterocycles. The molecule has 2 saturated heterocycles. The minimum absolute atomic E-state index is 0.0267. The van der Waals surface area contributed by atoms with Crippen LogP contribution in [0.3, 0.4) is 0 Å². The van der Waals surface area contributed by atoms with Gasteiger partial charge in [-0.3, -0.25) is 14.5 Å². The first kappa shape index (κ1) is 38.1. The highest BCUT2D eigenvalue weighted by atomic mass is 16.2. The number of hydrogen-bond acceptors (Lipinski definition) is 6. The fourth-order valence-corrected chi connectivity index (χ4v) is 8.61. The highest BCUT2D eigenvalue weighted by Crippen LogP contribution is 2.33. The lowest BCUT2D eigenvalue weighted by molar-refractivity contribution is -0.132. The lowest BCUT2D eigenvalue weighted by Gasteiger charge is -2.35. The zero-order valence-corrected chi connectivity index (χ0v) is 31.4. The summed E-state index contributed by atoms with van der Waals surface area (Å²) in [5.74, 6) is 4.17. The van der Waals surface area contributed by atoms with Gasteiger partial charge in [0.05, 0.1) is 18.3 Å². The number of rotatable bonds is 17. The van der Waals surface area contributed by atoms with Crippen LogP contribution in [0.4, 0.5) is 0 Å². The van der Waals surface area contributed by atoms with E-state index in [9.17, 15) is 9.59 Å². The Morgan fingerprint density at radius 3 is 2.42 bits per heavy atom. The second-order valence-corrected chi connectivity index (χ2v) is 15.0. The van der Waals surface area contributed by atoms with Gasteiger partial charge in [-0.1, -0.05) is 37.3 Å². The first-order valence-electron chi connectivity index (χ1n) is 19.6. The van der Waals surface area contributed by atoms with Crippen molar-refractivity contribution in [2.24, 2.45) is 0 Å². The van der Waals surface area contributed by atoms with E-state index in [0.717, 1.165) is 102 Å². The lowest BCUT2D eigenvalue weighted by Crippen LogP contribution is -2.46. The number of nitrogens with zero attached hydrogens (tertiary/aromatic N) is 6. The van der Waals surface area contributed by atoms with Gasteiger partial charge in [-0.15, -0.1) is 12.3 Å². The van der Waals surface area contributed by atoms with Gasteiger partial charge in [0, 0.05) is 88.8 Å². The van der Waals surface area contributed by atoms with Gasteiger partial charge in [-0.25, -0.2) is 4.98 Å². The Labute approximate surface area is 302 Å². The molecule has 0 bridgehead atoms. The number of imidazole rings is 1. The van der Waals surface area contributed by atoms with Crippen molar-refractivity contribution in [3.63, 3.8) is 0 Å². The molecular formula is C41H63N7O2. The number of carbonyl (C=O) groups is 2. The summed E-state index contributed by atoms with van der Waals surface area (Å²) in [6.07, 6.45) is 15.8. The highest BCUT2D eigenvalue weighted by Gasteiger charge is 2.34. The van der Waals surface area contributed by atoms with E-state index in [0.29, 0.717) is 37.5 Å². The van der Waals surface area contributed by atoms with E-state index in [1.807, 2.05) is 17.9 Å². The molecule has 5 rings (SSSR count). The van der Waals surface area contributed by atoms with Crippen molar-refractivity contribution in [2.75, 3.05) is 52.4 Å². The molecule has 3 aliphatic heterocycles. The van der Waals surface area contributed by atoms with Crippen LogP contribution >= 0.6 is 0 Å². The zero-order chi connectivity index (χ0) is 35.5. The Balaban J connectivity index is 1.09. The van der Waals surface area contributed by atoms with Gasteiger partial charge in [-0.2, -0.15) is 0 Å². The SMILES string of the molecule is C#CCCCCN1CCN(CCCC(=O)N2CCc3c(nc(C)n3C(C)CC3CCC(C)N3CCC(NC(=O)CC)c3ccccc3)C2)CC1. The number of aryl methyl sites for hydroxylation is 1. The zero-order valence-electron chi connectivity index (χ0n) is 31.4. The van der Waals surface area contributed by atoms with Crippen LogP contribution in [0.15, 0.2) is 30.3 Å². The first-order valence-corrected chi connectivity index (χ1v) is 19.6. The Morgan fingerprint density at radius 2 is 1.72 bits per heavy atom. The van der Waals surface area contributed by atoms with Crippen LogP contribution in [-0.4, -0.2) is 105 Å². The molecule has 1 aromatic carbocycles. The molecule has 1 aromatic heterocycles. The van der Waals surface area contributed by atoms with E-state index in [1.54, 1.807) is 0 Å². The maximum Gasteiger partial charge on any atom is 0.222 e. The quantitative estimate of drug-likeness (QED) is 0.169. The number of benzene rings is 1. The predicted octanol–water partition coefficient (Wildman–Crippen LogP) is 5.74. The molecule has 3 aliphatic rings. The second-order valence-electron chi connectivity index (χ2n) is 15.0. The largest absolute Gasteiger partial charge is 0.349 e.